The van der Waals surface area contributed by atoms with Crippen molar-refractivity contribution in [2.75, 3.05) is 25.7 Å². The lowest BCUT2D eigenvalue weighted by atomic mass is 10.2. The number of nitrogens with one attached hydrogen (secondary N) is 1. The zero-order valence-electron chi connectivity index (χ0n) is 11.9. The number of benzene rings is 1. The van der Waals surface area contributed by atoms with Crippen molar-refractivity contribution in [2.24, 2.45) is 0 Å². The van der Waals surface area contributed by atoms with Crippen molar-refractivity contribution in [1.82, 2.24) is 5.32 Å². The van der Waals surface area contributed by atoms with Crippen molar-refractivity contribution >= 4 is 27.7 Å². The first-order valence-corrected chi connectivity index (χ1v) is 8.98. The summed E-state index contributed by atoms with van der Waals surface area (Å²) in [4.78, 5) is 0. The summed E-state index contributed by atoms with van der Waals surface area (Å²) in [6.07, 6.45) is 7.49. The molecule has 0 radical (unpaired) electrons. The Hall–Kier alpha value is -0.190. The SMILES string of the molecule is COc1ccc(CNCCCCCCSC)cc1Br. The third-order valence-electron chi connectivity index (χ3n) is 3.00. The van der Waals surface area contributed by atoms with Crippen molar-refractivity contribution in [3.63, 3.8) is 0 Å². The van der Waals surface area contributed by atoms with Crippen LogP contribution in [0.1, 0.15) is 31.2 Å². The number of rotatable bonds is 10. The summed E-state index contributed by atoms with van der Waals surface area (Å²) >= 11 is 5.45. The second kappa shape index (κ2) is 10.6. The van der Waals surface area contributed by atoms with Crippen LogP contribution < -0.4 is 10.1 Å². The highest BCUT2D eigenvalue weighted by molar-refractivity contribution is 9.10. The van der Waals surface area contributed by atoms with Gasteiger partial charge in [-0.1, -0.05) is 18.9 Å². The number of unbranched alkanes of at least 4 members (excludes halogenated alkanes) is 3. The predicted octanol–water partition coefficient (Wildman–Crippen LogP) is 4.47. The molecule has 0 aliphatic rings. The van der Waals surface area contributed by atoms with Gasteiger partial charge in [0.1, 0.15) is 5.75 Å². The number of ether oxygens (including phenoxy) is 1. The molecule has 0 saturated heterocycles. The molecule has 0 bridgehead atoms. The molecule has 0 saturated carbocycles. The molecule has 4 heteroatoms. The second-order valence-electron chi connectivity index (χ2n) is 4.55. The summed E-state index contributed by atoms with van der Waals surface area (Å²) in [5.41, 5.74) is 1.29. The number of hydrogen-bond acceptors (Lipinski definition) is 3. The molecule has 0 aliphatic carbocycles. The van der Waals surface area contributed by atoms with E-state index in [0.29, 0.717) is 0 Å². The number of thioether (sulfide) groups is 1. The van der Waals surface area contributed by atoms with E-state index in [1.807, 2.05) is 17.8 Å². The van der Waals surface area contributed by atoms with Crippen molar-refractivity contribution in [3.8, 4) is 5.75 Å². The summed E-state index contributed by atoms with van der Waals surface area (Å²) < 4.78 is 6.24. The number of hydrogen-bond donors (Lipinski definition) is 1. The van der Waals surface area contributed by atoms with Crippen LogP contribution in [0.2, 0.25) is 0 Å². The minimum Gasteiger partial charge on any atom is -0.496 e. The van der Waals surface area contributed by atoms with Crippen molar-refractivity contribution in [3.05, 3.63) is 28.2 Å². The first kappa shape index (κ1) is 16.9. The molecular formula is C15H24BrNOS. The van der Waals surface area contributed by atoms with Gasteiger partial charge in [-0.2, -0.15) is 11.8 Å². The Kier molecular flexibility index (Phi) is 9.39. The zero-order valence-corrected chi connectivity index (χ0v) is 14.3. The van der Waals surface area contributed by atoms with E-state index < -0.39 is 0 Å². The molecule has 2 nitrogen and oxygen atoms in total. The Morgan fingerprint density at radius 3 is 2.68 bits per heavy atom. The molecular weight excluding hydrogens is 322 g/mol. The maximum absolute atomic E-state index is 5.22. The fraction of sp³-hybridized carbons (Fsp3) is 0.600. The van der Waals surface area contributed by atoms with E-state index in [0.717, 1.165) is 23.3 Å². The molecule has 19 heavy (non-hydrogen) atoms. The van der Waals surface area contributed by atoms with Crippen LogP contribution in [-0.2, 0) is 6.54 Å². The van der Waals surface area contributed by atoms with Crippen LogP contribution in [0.15, 0.2) is 22.7 Å². The van der Waals surface area contributed by atoms with Crippen LogP contribution >= 0.6 is 27.7 Å². The molecule has 0 unspecified atom stereocenters. The third kappa shape index (κ3) is 7.23. The summed E-state index contributed by atoms with van der Waals surface area (Å²) in [5, 5.41) is 3.49. The van der Waals surface area contributed by atoms with Gasteiger partial charge in [0.05, 0.1) is 11.6 Å². The predicted molar refractivity (Wildman–Crippen MR) is 89.3 cm³/mol. The van der Waals surface area contributed by atoms with E-state index in [1.165, 1.54) is 37.0 Å². The molecule has 0 fully saturated rings. The van der Waals surface area contributed by atoms with E-state index in [4.69, 9.17) is 4.74 Å². The minimum absolute atomic E-state index is 0.887. The Balaban J connectivity index is 2.11. The Labute approximate surface area is 129 Å². The fourth-order valence-corrected chi connectivity index (χ4v) is 2.98. The Morgan fingerprint density at radius 1 is 1.21 bits per heavy atom. The smallest absolute Gasteiger partial charge is 0.133 e. The van der Waals surface area contributed by atoms with E-state index in [2.05, 4.69) is 39.6 Å². The van der Waals surface area contributed by atoms with Gasteiger partial charge in [-0.05, 0) is 65.0 Å². The largest absolute Gasteiger partial charge is 0.496 e. The van der Waals surface area contributed by atoms with Gasteiger partial charge in [0.2, 0.25) is 0 Å². The highest BCUT2D eigenvalue weighted by atomic mass is 79.9. The average molecular weight is 346 g/mol. The quantitative estimate of drug-likeness (QED) is 0.632. The molecule has 0 amide bonds. The lowest BCUT2D eigenvalue weighted by Crippen LogP contribution is -2.14. The fourth-order valence-electron chi connectivity index (χ4n) is 1.90. The monoisotopic (exact) mass is 345 g/mol. The van der Waals surface area contributed by atoms with E-state index in [-0.39, 0.29) is 0 Å². The number of methoxy groups -OCH3 is 1. The summed E-state index contributed by atoms with van der Waals surface area (Å²) in [5.74, 6) is 2.19. The molecule has 1 rings (SSSR count). The van der Waals surface area contributed by atoms with Gasteiger partial charge in [-0.25, -0.2) is 0 Å². The normalized spacial score (nSPS) is 10.7. The summed E-state index contributed by atoms with van der Waals surface area (Å²) in [6.45, 7) is 2.02. The first-order valence-electron chi connectivity index (χ1n) is 6.80. The minimum atomic E-state index is 0.887. The maximum Gasteiger partial charge on any atom is 0.133 e. The van der Waals surface area contributed by atoms with Crippen molar-refractivity contribution in [1.29, 1.82) is 0 Å². The average Bonchev–Trinajstić information content (AvgIpc) is 2.42. The van der Waals surface area contributed by atoms with E-state index >= 15 is 0 Å². The van der Waals surface area contributed by atoms with Gasteiger partial charge in [0, 0.05) is 6.54 Å². The van der Waals surface area contributed by atoms with E-state index in [9.17, 15) is 0 Å². The molecule has 1 N–H and O–H groups in total. The number of halogens is 1. The zero-order chi connectivity index (χ0) is 13.9. The van der Waals surface area contributed by atoms with Crippen LogP contribution in [-0.4, -0.2) is 25.7 Å². The van der Waals surface area contributed by atoms with Crippen LogP contribution in [0.4, 0.5) is 0 Å². The molecule has 0 aliphatic heterocycles. The molecule has 0 heterocycles. The molecule has 0 aromatic heterocycles. The molecule has 0 atom stereocenters. The maximum atomic E-state index is 5.22. The van der Waals surface area contributed by atoms with Gasteiger partial charge < -0.3 is 10.1 Å². The molecule has 108 valence electrons. The topological polar surface area (TPSA) is 21.3 Å². The Bertz CT molecular complexity index is 360. The van der Waals surface area contributed by atoms with Crippen LogP contribution in [0.5, 0.6) is 5.75 Å². The third-order valence-corrected chi connectivity index (χ3v) is 4.31. The molecule has 0 spiro atoms. The van der Waals surface area contributed by atoms with Crippen molar-refractivity contribution < 1.29 is 4.74 Å². The van der Waals surface area contributed by atoms with Crippen LogP contribution in [0.25, 0.3) is 0 Å². The van der Waals surface area contributed by atoms with Crippen LogP contribution in [0.3, 0.4) is 0 Å². The van der Waals surface area contributed by atoms with Crippen molar-refractivity contribution in [2.45, 2.75) is 32.2 Å². The summed E-state index contributed by atoms with van der Waals surface area (Å²) in [7, 11) is 1.69. The molecule has 1 aromatic rings. The van der Waals surface area contributed by atoms with Crippen LogP contribution in [0, 0.1) is 0 Å². The van der Waals surface area contributed by atoms with Gasteiger partial charge in [-0.15, -0.1) is 0 Å². The highest BCUT2D eigenvalue weighted by Gasteiger charge is 2.00. The second-order valence-corrected chi connectivity index (χ2v) is 6.39. The van der Waals surface area contributed by atoms with Gasteiger partial charge >= 0.3 is 0 Å². The first-order chi connectivity index (χ1) is 9.27. The molecule has 1 aromatic carbocycles. The van der Waals surface area contributed by atoms with E-state index in [1.54, 1.807) is 7.11 Å². The lowest BCUT2D eigenvalue weighted by Gasteiger charge is -2.08. The Morgan fingerprint density at radius 2 is 2.00 bits per heavy atom. The van der Waals surface area contributed by atoms with Gasteiger partial charge in [-0.3, -0.25) is 0 Å². The van der Waals surface area contributed by atoms with Gasteiger partial charge in [0.25, 0.3) is 0 Å². The highest BCUT2D eigenvalue weighted by Crippen LogP contribution is 2.25. The lowest BCUT2D eigenvalue weighted by molar-refractivity contribution is 0.412. The summed E-state index contributed by atoms with van der Waals surface area (Å²) in [6, 6.07) is 6.23. The van der Waals surface area contributed by atoms with Gasteiger partial charge in [0.15, 0.2) is 0 Å². The standard InChI is InChI=1S/C15H24BrNOS/c1-18-15-8-7-13(11-14(15)16)12-17-9-5-3-4-6-10-19-2/h7-8,11,17H,3-6,9-10,12H2,1-2H3.